The van der Waals surface area contributed by atoms with Gasteiger partial charge in [0.1, 0.15) is 0 Å². The minimum Gasteiger partial charge on any atom is -0.381 e. The molecule has 0 atom stereocenters. The number of ether oxygens (including phenoxy) is 1. The van der Waals surface area contributed by atoms with Gasteiger partial charge in [-0.15, -0.1) is 0 Å². The molecule has 0 bridgehead atoms. The van der Waals surface area contributed by atoms with Gasteiger partial charge in [-0.25, -0.2) is 0 Å². The molecular formula is C17H34N2O. The summed E-state index contributed by atoms with van der Waals surface area (Å²) in [6.45, 7) is 16.2. The van der Waals surface area contributed by atoms with Gasteiger partial charge in [-0.3, -0.25) is 0 Å². The summed E-state index contributed by atoms with van der Waals surface area (Å²) in [5, 5.41) is 3.68. The third-order valence-electron chi connectivity index (χ3n) is 4.98. The summed E-state index contributed by atoms with van der Waals surface area (Å²) in [6.07, 6.45) is 5.16. The molecule has 2 fully saturated rings. The molecule has 3 nitrogen and oxygen atoms in total. The van der Waals surface area contributed by atoms with Crippen molar-refractivity contribution in [3.8, 4) is 0 Å². The largest absolute Gasteiger partial charge is 0.381 e. The molecule has 3 heteroatoms. The van der Waals surface area contributed by atoms with Crippen LogP contribution in [-0.4, -0.2) is 50.3 Å². The number of likely N-dealkylation sites (tertiary alicyclic amines) is 1. The fourth-order valence-corrected chi connectivity index (χ4v) is 3.77. The van der Waals surface area contributed by atoms with Gasteiger partial charge in [0.2, 0.25) is 0 Å². The van der Waals surface area contributed by atoms with E-state index in [2.05, 4.69) is 37.9 Å². The molecule has 20 heavy (non-hydrogen) atoms. The Hall–Kier alpha value is -0.120. The second-order valence-electron chi connectivity index (χ2n) is 8.13. The Morgan fingerprint density at radius 3 is 2.45 bits per heavy atom. The molecule has 0 unspecified atom stereocenters. The fraction of sp³-hybridized carbons (Fsp3) is 1.00. The van der Waals surface area contributed by atoms with Crippen LogP contribution in [0.25, 0.3) is 0 Å². The zero-order valence-electron chi connectivity index (χ0n) is 14.0. The predicted octanol–water partition coefficient (Wildman–Crippen LogP) is 2.90. The molecule has 2 saturated heterocycles. The highest BCUT2D eigenvalue weighted by Gasteiger charge is 2.36. The Morgan fingerprint density at radius 2 is 1.85 bits per heavy atom. The Labute approximate surface area is 125 Å². The maximum Gasteiger partial charge on any atom is 0.0472 e. The molecule has 2 rings (SSSR count). The summed E-state index contributed by atoms with van der Waals surface area (Å²) in [4.78, 5) is 2.72. The topological polar surface area (TPSA) is 24.5 Å². The summed E-state index contributed by atoms with van der Waals surface area (Å²) in [7, 11) is 0. The maximum atomic E-state index is 5.62. The standard InChI is InChI=1S/C17H34N2O/c1-15(2)18-12-17(7-10-20-11-8-17)14-19-9-5-6-16(3,4)13-19/h15,18H,5-14H2,1-4H3. The molecule has 0 saturated carbocycles. The van der Waals surface area contributed by atoms with Crippen molar-refractivity contribution >= 4 is 0 Å². The predicted molar refractivity (Wildman–Crippen MR) is 85.1 cm³/mol. The molecule has 118 valence electrons. The van der Waals surface area contributed by atoms with Crippen LogP contribution in [-0.2, 0) is 4.74 Å². The van der Waals surface area contributed by atoms with Crippen LogP contribution in [0.15, 0.2) is 0 Å². The minimum absolute atomic E-state index is 0.427. The lowest BCUT2D eigenvalue weighted by atomic mass is 9.77. The van der Waals surface area contributed by atoms with E-state index in [1.165, 1.54) is 45.3 Å². The first-order valence-corrected chi connectivity index (χ1v) is 8.44. The highest BCUT2D eigenvalue weighted by atomic mass is 16.5. The van der Waals surface area contributed by atoms with Crippen LogP contribution in [0.5, 0.6) is 0 Å². The van der Waals surface area contributed by atoms with Gasteiger partial charge in [0.25, 0.3) is 0 Å². The highest BCUT2D eigenvalue weighted by molar-refractivity contribution is 4.90. The molecule has 0 aliphatic carbocycles. The Kier molecular flexibility index (Phi) is 5.49. The van der Waals surface area contributed by atoms with Crippen LogP contribution in [0.3, 0.4) is 0 Å². The van der Waals surface area contributed by atoms with E-state index in [9.17, 15) is 0 Å². The van der Waals surface area contributed by atoms with Gasteiger partial charge in [-0.1, -0.05) is 27.7 Å². The van der Waals surface area contributed by atoms with Gasteiger partial charge in [0.15, 0.2) is 0 Å². The van der Waals surface area contributed by atoms with Crippen molar-refractivity contribution in [1.82, 2.24) is 10.2 Å². The molecule has 0 amide bonds. The van der Waals surface area contributed by atoms with Crippen LogP contribution < -0.4 is 5.32 Å². The van der Waals surface area contributed by atoms with Crippen LogP contribution in [0, 0.1) is 10.8 Å². The molecule has 1 N–H and O–H groups in total. The number of nitrogens with zero attached hydrogens (tertiary/aromatic N) is 1. The van der Waals surface area contributed by atoms with E-state index in [-0.39, 0.29) is 0 Å². The molecule has 2 heterocycles. The molecule has 0 radical (unpaired) electrons. The molecular weight excluding hydrogens is 248 g/mol. The van der Waals surface area contributed by atoms with Crippen molar-refractivity contribution in [3.05, 3.63) is 0 Å². The average molecular weight is 282 g/mol. The molecule has 2 aliphatic rings. The van der Waals surface area contributed by atoms with Crippen LogP contribution >= 0.6 is 0 Å². The molecule has 0 spiro atoms. The third-order valence-corrected chi connectivity index (χ3v) is 4.98. The van der Waals surface area contributed by atoms with E-state index in [1.807, 2.05) is 0 Å². The Balaban J connectivity index is 1.96. The van der Waals surface area contributed by atoms with E-state index in [0.717, 1.165) is 19.8 Å². The molecule has 0 aromatic carbocycles. The van der Waals surface area contributed by atoms with E-state index >= 15 is 0 Å². The zero-order valence-corrected chi connectivity index (χ0v) is 14.0. The van der Waals surface area contributed by atoms with Gasteiger partial charge in [0, 0.05) is 38.9 Å². The molecule has 2 aliphatic heterocycles. The van der Waals surface area contributed by atoms with Crippen molar-refractivity contribution in [3.63, 3.8) is 0 Å². The molecule has 0 aromatic heterocycles. The first-order valence-electron chi connectivity index (χ1n) is 8.44. The normalized spacial score (nSPS) is 26.9. The zero-order chi connectivity index (χ0) is 14.6. The van der Waals surface area contributed by atoms with Crippen LogP contribution in [0.1, 0.15) is 53.4 Å². The summed E-state index contributed by atoms with van der Waals surface area (Å²) in [5.74, 6) is 0. The summed E-state index contributed by atoms with van der Waals surface area (Å²) < 4.78 is 5.62. The maximum absolute atomic E-state index is 5.62. The smallest absolute Gasteiger partial charge is 0.0472 e. The van der Waals surface area contributed by atoms with Gasteiger partial charge in [0.05, 0.1) is 0 Å². The van der Waals surface area contributed by atoms with Crippen molar-refractivity contribution in [2.75, 3.05) is 39.4 Å². The fourth-order valence-electron chi connectivity index (χ4n) is 3.77. The quantitative estimate of drug-likeness (QED) is 0.839. The van der Waals surface area contributed by atoms with Crippen molar-refractivity contribution < 1.29 is 4.74 Å². The van der Waals surface area contributed by atoms with Crippen LogP contribution in [0.2, 0.25) is 0 Å². The van der Waals surface area contributed by atoms with Crippen molar-refractivity contribution in [1.29, 1.82) is 0 Å². The van der Waals surface area contributed by atoms with E-state index in [1.54, 1.807) is 0 Å². The van der Waals surface area contributed by atoms with Gasteiger partial charge < -0.3 is 15.0 Å². The van der Waals surface area contributed by atoms with E-state index in [4.69, 9.17) is 4.74 Å². The summed E-state index contributed by atoms with van der Waals surface area (Å²) in [5.41, 5.74) is 0.923. The number of hydrogen-bond acceptors (Lipinski definition) is 3. The van der Waals surface area contributed by atoms with Crippen molar-refractivity contribution in [2.45, 2.75) is 59.4 Å². The Morgan fingerprint density at radius 1 is 1.15 bits per heavy atom. The van der Waals surface area contributed by atoms with E-state index in [0.29, 0.717) is 16.9 Å². The lowest BCUT2D eigenvalue weighted by Gasteiger charge is -2.46. The summed E-state index contributed by atoms with van der Waals surface area (Å²) in [6, 6.07) is 0.576. The average Bonchev–Trinajstić information content (AvgIpc) is 2.36. The summed E-state index contributed by atoms with van der Waals surface area (Å²) >= 11 is 0. The number of piperidine rings is 1. The molecule has 0 aromatic rings. The highest BCUT2D eigenvalue weighted by Crippen LogP contribution is 2.35. The van der Waals surface area contributed by atoms with Crippen LogP contribution in [0.4, 0.5) is 0 Å². The number of hydrogen-bond donors (Lipinski definition) is 1. The van der Waals surface area contributed by atoms with Gasteiger partial charge >= 0.3 is 0 Å². The minimum atomic E-state index is 0.427. The number of rotatable bonds is 5. The first-order chi connectivity index (χ1) is 9.41. The van der Waals surface area contributed by atoms with Gasteiger partial charge in [-0.2, -0.15) is 0 Å². The third kappa shape index (κ3) is 4.71. The van der Waals surface area contributed by atoms with Gasteiger partial charge in [-0.05, 0) is 43.1 Å². The second kappa shape index (κ2) is 6.76. The SMILES string of the molecule is CC(C)NCC1(CN2CCCC(C)(C)C2)CCOCC1. The second-order valence-corrected chi connectivity index (χ2v) is 8.13. The lowest BCUT2D eigenvalue weighted by Crippen LogP contribution is -2.51. The monoisotopic (exact) mass is 282 g/mol. The lowest BCUT2D eigenvalue weighted by molar-refractivity contribution is -0.0178. The number of nitrogens with one attached hydrogen (secondary N) is 1. The Bertz CT molecular complexity index is 295. The van der Waals surface area contributed by atoms with E-state index < -0.39 is 0 Å². The van der Waals surface area contributed by atoms with Crippen molar-refractivity contribution in [2.24, 2.45) is 10.8 Å². The first kappa shape index (κ1) is 16.3.